The molecule has 0 amide bonds. The molecule has 0 aliphatic carbocycles. The van der Waals surface area contributed by atoms with Gasteiger partial charge in [0.05, 0.1) is 7.11 Å². The smallest absolute Gasteiger partial charge is 0.320 e. The topological polar surface area (TPSA) is 78.9 Å². The van der Waals surface area contributed by atoms with Gasteiger partial charge in [-0.2, -0.15) is 0 Å². The van der Waals surface area contributed by atoms with Gasteiger partial charge >= 0.3 is 5.97 Å². The van der Waals surface area contributed by atoms with Crippen LogP contribution < -0.4 is 0 Å². The predicted octanol–water partition coefficient (Wildman–Crippen LogP) is -0.0267. The summed E-state index contributed by atoms with van der Waals surface area (Å²) in [7, 11) is -2.42. The number of sulfone groups is 1. The molecule has 0 aromatic rings. The highest BCUT2D eigenvalue weighted by atomic mass is 32.2. The molecule has 96 valence electrons. The molecular weight excluding hydrogens is 236 g/mol. The monoisotopic (exact) mass is 254 g/mol. The SMILES string of the molecule is CCOC(CS(=O)(=O)CC(=O)OC)OCC. The minimum atomic E-state index is -3.56. The Balaban J connectivity index is 4.35. The molecular formula is C9H18O6S. The van der Waals surface area contributed by atoms with Crippen LogP contribution >= 0.6 is 0 Å². The van der Waals surface area contributed by atoms with E-state index in [4.69, 9.17) is 9.47 Å². The molecule has 7 heteroatoms. The van der Waals surface area contributed by atoms with Crippen molar-refractivity contribution in [3.05, 3.63) is 0 Å². The van der Waals surface area contributed by atoms with Crippen LogP contribution in [0.5, 0.6) is 0 Å². The maximum atomic E-state index is 11.5. The Hall–Kier alpha value is -0.660. The summed E-state index contributed by atoms with van der Waals surface area (Å²) in [6.45, 7) is 4.16. The van der Waals surface area contributed by atoms with Gasteiger partial charge in [0.25, 0.3) is 0 Å². The maximum Gasteiger partial charge on any atom is 0.320 e. The lowest BCUT2D eigenvalue weighted by Gasteiger charge is -2.16. The summed E-state index contributed by atoms with van der Waals surface area (Å²) < 4.78 is 37.4. The Morgan fingerprint density at radius 3 is 2.06 bits per heavy atom. The third-order valence-electron chi connectivity index (χ3n) is 1.66. The average molecular weight is 254 g/mol. The normalized spacial score (nSPS) is 11.8. The Morgan fingerprint density at radius 2 is 1.69 bits per heavy atom. The van der Waals surface area contributed by atoms with Crippen molar-refractivity contribution >= 4 is 15.8 Å². The molecule has 0 rings (SSSR count). The minimum Gasteiger partial charge on any atom is -0.468 e. The number of rotatable bonds is 8. The van der Waals surface area contributed by atoms with E-state index in [0.717, 1.165) is 7.11 Å². The zero-order valence-electron chi connectivity index (χ0n) is 9.76. The third-order valence-corrected chi connectivity index (χ3v) is 3.12. The first-order valence-corrected chi connectivity index (χ1v) is 6.77. The van der Waals surface area contributed by atoms with Crippen molar-refractivity contribution in [1.82, 2.24) is 0 Å². The van der Waals surface area contributed by atoms with E-state index < -0.39 is 27.8 Å². The molecule has 0 heterocycles. The first kappa shape index (κ1) is 15.3. The van der Waals surface area contributed by atoms with E-state index in [1.54, 1.807) is 13.8 Å². The second kappa shape index (κ2) is 7.59. The lowest BCUT2D eigenvalue weighted by Crippen LogP contribution is -2.31. The fourth-order valence-electron chi connectivity index (χ4n) is 1.02. The van der Waals surface area contributed by atoms with E-state index in [-0.39, 0.29) is 5.75 Å². The van der Waals surface area contributed by atoms with Crippen molar-refractivity contribution in [3.63, 3.8) is 0 Å². The molecule has 0 saturated carbocycles. The molecule has 0 atom stereocenters. The summed E-state index contributed by atoms with van der Waals surface area (Å²) in [5, 5.41) is 0. The highest BCUT2D eigenvalue weighted by molar-refractivity contribution is 7.92. The molecule has 6 nitrogen and oxygen atoms in total. The van der Waals surface area contributed by atoms with Crippen LogP contribution in [-0.4, -0.2) is 52.5 Å². The second-order valence-electron chi connectivity index (χ2n) is 2.97. The van der Waals surface area contributed by atoms with Crippen LogP contribution in [0, 0.1) is 0 Å². The summed E-state index contributed by atoms with van der Waals surface area (Å²) in [5.41, 5.74) is 0. The largest absolute Gasteiger partial charge is 0.468 e. The number of carbonyl (C=O) groups is 1. The van der Waals surface area contributed by atoms with Gasteiger partial charge in [-0.1, -0.05) is 0 Å². The van der Waals surface area contributed by atoms with Crippen LogP contribution in [0.4, 0.5) is 0 Å². The number of hydrogen-bond acceptors (Lipinski definition) is 6. The molecule has 0 unspecified atom stereocenters. The highest BCUT2D eigenvalue weighted by Crippen LogP contribution is 2.02. The second-order valence-corrected chi connectivity index (χ2v) is 5.08. The number of carbonyl (C=O) groups excluding carboxylic acids is 1. The Bertz CT molecular complexity index is 291. The van der Waals surface area contributed by atoms with Gasteiger partial charge in [0, 0.05) is 13.2 Å². The molecule has 0 fully saturated rings. The lowest BCUT2D eigenvalue weighted by molar-refractivity contribution is -0.137. The number of hydrogen-bond donors (Lipinski definition) is 0. The fraction of sp³-hybridized carbons (Fsp3) is 0.889. The van der Waals surface area contributed by atoms with E-state index >= 15 is 0 Å². The first-order chi connectivity index (χ1) is 7.45. The predicted molar refractivity (Wildman–Crippen MR) is 57.7 cm³/mol. The van der Waals surface area contributed by atoms with Crippen LogP contribution in [-0.2, 0) is 28.8 Å². The third kappa shape index (κ3) is 6.76. The first-order valence-electron chi connectivity index (χ1n) is 4.95. The van der Waals surface area contributed by atoms with Crippen LogP contribution in [0.25, 0.3) is 0 Å². The highest BCUT2D eigenvalue weighted by Gasteiger charge is 2.23. The lowest BCUT2D eigenvalue weighted by atomic mass is 10.7. The van der Waals surface area contributed by atoms with Crippen LogP contribution in [0.15, 0.2) is 0 Å². The molecule has 0 saturated heterocycles. The van der Waals surface area contributed by atoms with E-state index in [1.165, 1.54) is 0 Å². The van der Waals surface area contributed by atoms with Gasteiger partial charge in [-0.25, -0.2) is 8.42 Å². The summed E-state index contributed by atoms with van der Waals surface area (Å²) in [6.07, 6.45) is -0.829. The van der Waals surface area contributed by atoms with Gasteiger partial charge in [0.2, 0.25) is 0 Å². The standard InChI is InChI=1S/C9H18O6S/c1-4-14-9(15-5-2)7-16(11,12)6-8(10)13-3/h9H,4-7H2,1-3H3. The van der Waals surface area contributed by atoms with Gasteiger partial charge in [0.15, 0.2) is 16.1 Å². The summed E-state index contributed by atoms with van der Waals surface area (Å²) >= 11 is 0. The van der Waals surface area contributed by atoms with E-state index in [1.807, 2.05) is 0 Å². The Labute approximate surface area is 95.8 Å². The zero-order valence-corrected chi connectivity index (χ0v) is 10.6. The number of esters is 1. The van der Waals surface area contributed by atoms with Gasteiger partial charge in [-0.3, -0.25) is 4.79 Å². The Morgan fingerprint density at radius 1 is 1.19 bits per heavy atom. The number of ether oxygens (including phenoxy) is 3. The van der Waals surface area contributed by atoms with Crippen LogP contribution in [0.1, 0.15) is 13.8 Å². The fourth-order valence-corrected chi connectivity index (χ4v) is 2.22. The quantitative estimate of drug-likeness (QED) is 0.447. The summed E-state index contributed by atoms with van der Waals surface area (Å²) in [6, 6.07) is 0. The molecule has 0 aromatic heterocycles. The molecule has 16 heavy (non-hydrogen) atoms. The zero-order chi connectivity index (χ0) is 12.6. The van der Waals surface area contributed by atoms with E-state index in [0.29, 0.717) is 13.2 Å². The molecule has 0 aliphatic heterocycles. The van der Waals surface area contributed by atoms with E-state index in [9.17, 15) is 13.2 Å². The van der Waals surface area contributed by atoms with Gasteiger partial charge in [0.1, 0.15) is 11.5 Å². The van der Waals surface area contributed by atoms with Crippen molar-refractivity contribution in [2.75, 3.05) is 31.8 Å². The van der Waals surface area contributed by atoms with E-state index in [2.05, 4.69) is 4.74 Å². The van der Waals surface area contributed by atoms with Crippen LogP contribution in [0.2, 0.25) is 0 Å². The molecule has 0 aromatic carbocycles. The van der Waals surface area contributed by atoms with Crippen molar-refractivity contribution in [2.45, 2.75) is 20.1 Å². The van der Waals surface area contributed by atoms with Crippen molar-refractivity contribution in [2.24, 2.45) is 0 Å². The molecule has 0 bridgehead atoms. The Kier molecular flexibility index (Phi) is 7.27. The van der Waals surface area contributed by atoms with Crippen molar-refractivity contribution in [3.8, 4) is 0 Å². The summed E-state index contributed by atoms with van der Waals surface area (Å²) in [4.78, 5) is 10.8. The molecule has 0 spiro atoms. The van der Waals surface area contributed by atoms with Crippen molar-refractivity contribution in [1.29, 1.82) is 0 Å². The average Bonchev–Trinajstić information content (AvgIpc) is 2.17. The summed E-state index contributed by atoms with van der Waals surface area (Å²) in [5.74, 6) is -1.78. The van der Waals surface area contributed by atoms with Gasteiger partial charge in [-0.05, 0) is 13.8 Å². The number of methoxy groups -OCH3 is 1. The molecule has 0 N–H and O–H groups in total. The van der Waals surface area contributed by atoms with Crippen molar-refractivity contribution < 1.29 is 27.4 Å². The maximum absolute atomic E-state index is 11.5. The van der Waals surface area contributed by atoms with Gasteiger partial charge in [-0.15, -0.1) is 0 Å². The molecule has 0 aliphatic rings. The van der Waals surface area contributed by atoms with Crippen LogP contribution in [0.3, 0.4) is 0 Å². The molecule has 0 radical (unpaired) electrons. The van der Waals surface area contributed by atoms with Gasteiger partial charge < -0.3 is 14.2 Å². The minimum absolute atomic E-state index is 0.343.